The Morgan fingerprint density at radius 3 is 2.62 bits per heavy atom. The lowest BCUT2D eigenvalue weighted by Gasteiger charge is -2.24. The molecule has 0 heterocycles. The average molecular weight is 226 g/mol. The topological polar surface area (TPSA) is 71.4 Å². The molecule has 1 N–H and O–H groups in total. The Kier molecular flexibility index (Phi) is 4.65. The maximum absolute atomic E-state index is 11.7. The first-order valence-electron chi connectivity index (χ1n) is 5.78. The summed E-state index contributed by atoms with van der Waals surface area (Å²) in [7, 11) is 0. The van der Waals surface area contributed by atoms with Crippen LogP contribution < -0.4 is 0 Å². The van der Waals surface area contributed by atoms with E-state index in [1.807, 2.05) is 6.92 Å². The highest BCUT2D eigenvalue weighted by Crippen LogP contribution is 2.28. The number of hydrogen-bond acceptors (Lipinski definition) is 3. The molecule has 1 rings (SSSR count). The van der Waals surface area contributed by atoms with Gasteiger partial charge < -0.3 is 5.11 Å². The van der Waals surface area contributed by atoms with E-state index < -0.39 is 5.97 Å². The second kappa shape index (κ2) is 5.77. The number of aliphatic carboxylic acids is 1. The molecule has 1 saturated carbocycles. The van der Waals surface area contributed by atoms with Crippen molar-refractivity contribution in [2.45, 2.75) is 45.4 Å². The minimum Gasteiger partial charge on any atom is -0.481 e. The van der Waals surface area contributed by atoms with Crippen LogP contribution in [0.25, 0.3) is 0 Å². The van der Waals surface area contributed by atoms with Gasteiger partial charge in [-0.05, 0) is 12.8 Å². The number of hydrogen-bond donors (Lipinski definition) is 1. The summed E-state index contributed by atoms with van der Waals surface area (Å²) < 4.78 is 0. The molecular weight excluding hydrogens is 208 g/mol. The van der Waals surface area contributed by atoms with Crippen LogP contribution in [0.4, 0.5) is 0 Å². The maximum atomic E-state index is 11.7. The SMILES string of the molecule is CC1CCCC(CC(=O)CCC(=O)O)C1=O. The first-order valence-corrected chi connectivity index (χ1v) is 5.78. The number of carboxylic acids is 1. The molecule has 90 valence electrons. The van der Waals surface area contributed by atoms with Crippen molar-refractivity contribution in [2.75, 3.05) is 0 Å². The Bertz CT molecular complexity index is 295. The highest BCUT2D eigenvalue weighted by atomic mass is 16.4. The zero-order chi connectivity index (χ0) is 12.1. The van der Waals surface area contributed by atoms with E-state index in [0.717, 1.165) is 19.3 Å². The smallest absolute Gasteiger partial charge is 0.303 e. The molecule has 16 heavy (non-hydrogen) atoms. The van der Waals surface area contributed by atoms with Gasteiger partial charge in [0, 0.05) is 24.7 Å². The molecule has 0 bridgehead atoms. The van der Waals surface area contributed by atoms with Gasteiger partial charge in [-0.3, -0.25) is 14.4 Å². The summed E-state index contributed by atoms with van der Waals surface area (Å²) in [6, 6.07) is 0. The van der Waals surface area contributed by atoms with E-state index in [1.165, 1.54) is 0 Å². The maximum Gasteiger partial charge on any atom is 0.303 e. The lowest BCUT2D eigenvalue weighted by Crippen LogP contribution is -2.28. The third-order valence-electron chi connectivity index (χ3n) is 3.17. The second-order valence-electron chi connectivity index (χ2n) is 4.57. The minimum absolute atomic E-state index is 0.0491. The van der Waals surface area contributed by atoms with Gasteiger partial charge in [0.2, 0.25) is 0 Å². The number of ketones is 2. The number of Topliss-reactive ketones (excluding diaryl/α,β-unsaturated/α-hetero) is 2. The van der Waals surface area contributed by atoms with E-state index in [-0.39, 0.29) is 42.7 Å². The predicted molar refractivity (Wildman–Crippen MR) is 58.0 cm³/mol. The first-order chi connectivity index (χ1) is 7.50. The fourth-order valence-electron chi connectivity index (χ4n) is 2.18. The number of rotatable bonds is 5. The molecule has 0 amide bonds. The molecule has 4 nitrogen and oxygen atoms in total. The number of carbonyl (C=O) groups excluding carboxylic acids is 2. The first kappa shape index (κ1) is 12.9. The number of carbonyl (C=O) groups is 3. The van der Waals surface area contributed by atoms with Crippen molar-refractivity contribution in [1.29, 1.82) is 0 Å². The summed E-state index contributed by atoms with van der Waals surface area (Å²) in [5, 5.41) is 8.44. The Morgan fingerprint density at radius 2 is 2.00 bits per heavy atom. The molecule has 0 aromatic rings. The lowest BCUT2D eigenvalue weighted by molar-refractivity contribution is -0.139. The summed E-state index contributed by atoms with van der Waals surface area (Å²) in [6.45, 7) is 1.90. The van der Waals surface area contributed by atoms with Gasteiger partial charge in [0.25, 0.3) is 0 Å². The molecule has 0 aromatic heterocycles. The third-order valence-corrected chi connectivity index (χ3v) is 3.17. The zero-order valence-corrected chi connectivity index (χ0v) is 9.57. The van der Waals surface area contributed by atoms with Gasteiger partial charge >= 0.3 is 5.97 Å². The molecule has 1 aliphatic rings. The van der Waals surface area contributed by atoms with E-state index >= 15 is 0 Å². The summed E-state index contributed by atoms with van der Waals surface area (Å²) in [4.78, 5) is 33.5. The van der Waals surface area contributed by atoms with Crippen LogP contribution in [0.3, 0.4) is 0 Å². The van der Waals surface area contributed by atoms with Gasteiger partial charge in [-0.1, -0.05) is 13.3 Å². The lowest BCUT2D eigenvalue weighted by atomic mass is 9.78. The molecule has 1 fully saturated rings. The Hall–Kier alpha value is -1.19. The quantitative estimate of drug-likeness (QED) is 0.776. The van der Waals surface area contributed by atoms with Gasteiger partial charge in [0.1, 0.15) is 11.6 Å². The Morgan fingerprint density at radius 1 is 1.31 bits per heavy atom. The Balaban J connectivity index is 2.38. The van der Waals surface area contributed by atoms with Crippen LogP contribution in [0.1, 0.15) is 45.4 Å². The monoisotopic (exact) mass is 226 g/mol. The highest BCUT2D eigenvalue weighted by Gasteiger charge is 2.29. The molecule has 1 aliphatic carbocycles. The normalized spacial score (nSPS) is 25.4. The van der Waals surface area contributed by atoms with Gasteiger partial charge in [0.05, 0.1) is 6.42 Å². The van der Waals surface area contributed by atoms with E-state index in [2.05, 4.69) is 0 Å². The molecule has 0 saturated heterocycles. The van der Waals surface area contributed by atoms with Crippen LogP contribution >= 0.6 is 0 Å². The summed E-state index contributed by atoms with van der Waals surface area (Å²) >= 11 is 0. The minimum atomic E-state index is -0.961. The van der Waals surface area contributed by atoms with Crippen molar-refractivity contribution in [3.8, 4) is 0 Å². The molecule has 4 heteroatoms. The van der Waals surface area contributed by atoms with Crippen LogP contribution in [-0.4, -0.2) is 22.6 Å². The van der Waals surface area contributed by atoms with E-state index in [0.29, 0.717) is 0 Å². The van der Waals surface area contributed by atoms with Crippen molar-refractivity contribution in [1.82, 2.24) is 0 Å². The standard InChI is InChI=1S/C12H18O4/c1-8-3-2-4-9(12(8)16)7-10(13)5-6-11(14)15/h8-9H,2-7H2,1H3,(H,14,15). The van der Waals surface area contributed by atoms with Crippen LogP contribution in [-0.2, 0) is 14.4 Å². The summed E-state index contributed by atoms with van der Waals surface area (Å²) in [5.41, 5.74) is 0. The fourth-order valence-corrected chi connectivity index (χ4v) is 2.18. The van der Waals surface area contributed by atoms with Crippen molar-refractivity contribution in [2.24, 2.45) is 11.8 Å². The fraction of sp³-hybridized carbons (Fsp3) is 0.750. The summed E-state index contributed by atoms with van der Waals surface area (Å²) in [6.07, 6.45) is 2.84. The van der Waals surface area contributed by atoms with Crippen LogP contribution in [0.2, 0.25) is 0 Å². The van der Waals surface area contributed by atoms with Crippen molar-refractivity contribution in [3.05, 3.63) is 0 Å². The second-order valence-corrected chi connectivity index (χ2v) is 4.57. The van der Waals surface area contributed by atoms with Crippen LogP contribution in [0, 0.1) is 11.8 Å². The molecule has 0 aliphatic heterocycles. The summed E-state index contributed by atoms with van der Waals surface area (Å²) in [5.74, 6) is -0.988. The Labute approximate surface area is 95.0 Å². The highest BCUT2D eigenvalue weighted by molar-refractivity contribution is 5.90. The average Bonchev–Trinajstić information content (AvgIpc) is 2.22. The van der Waals surface area contributed by atoms with Gasteiger partial charge in [-0.15, -0.1) is 0 Å². The molecular formula is C12H18O4. The van der Waals surface area contributed by atoms with E-state index in [9.17, 15) is 14.4 Å². The van der Waals surface area contributed by atoms with Crippen molar-refractivity contribution in [3.63, 3.8) is 0 Å². The zero-order valence-electron chi connectivity index (χ0n) is 9.57. The number of carboxylic acid groups (broad SMARTS) is 1. The van der Waals surface area contributed by atoms with Crippen LogP contribution in [0.15, 0.2) is 0 Å². The van der Waals surface area contributed by atoms with Crippen molar-refractivity contribution >= 4 is 17.5 Å². The third kappa shape index (κ3) is 3.76. The van der Waals surface area contributed by atoms with Crippen LogP contribution in [0.5, 0.6) is 0 Å². The van der Waals surface area contributed by atoms with E-state index in [4.69, 9.17) is 5.11 Å². The van der Waals surface area contributed by atoms with E-state index in [1.54, 1.807) is 0 Å². The van der Waals surface area contributed by atoms with Gasteiger partial charge in [-0.2, -0.15) is 0 Å². The largest absolute Gasteiger partial charge is 0.481 e. The van der Waals surface area contributed by atoms with Gasteiger partial charge in [-0.25, -0.2) is 0 Å². The molecule has 0 radical (unpaired) electrons. The van der Waals surface area contributed by atoms with Crippen molar-refractivity contribution < 1.29 is 19.5 Å². The predicted octanol–water partition coefficient (Wildman–Crippen LogP) is 1.82. The molecule has 2 atom stereocenters. The van der Waals surface area contributed by atoms with Gasteiger partial charge in [0.15, 0.2) is 0 Å². The molecule has 0 aromatic carbocycles. The molecule has 2 unspecified atom stereocenters. The molecule has 0 spiro atoms.